The molecule has 17 heavy (non-hydrogen) atoms. The van der Waals surface area contributed by atoms with Crippen molar-refractivity contribution in [3.63, 3.8) is 0 Å². The van der Waals surface area contributed by atoms with Gasteiger partial charge in [0.05, 0.1) is 13.2 Å². The molecule has 3 N–H and O–H groups in total. The van der Waals surface area contributed by atoms with E-state index in [4.69, 9.17) is 10.6 Å². The second-order valence-electron chi connectivity index (χ2n) is 3.41. The number of benzene rings is 1. The molecule has 0 radical (unpaired) electrons. The minimum absolute atomic E-state index is 0.315. The smallest absolute Gasteiger partial charge is 0.265 e. The lowest BCUT2D eigenvalue weighted by Crippen LogP contribution is -2.29. The van der Waals surface area contributed by atoms with Crippen LogP contribution in [0.25, 0.3) is 0 Å². The molecule has 1 aromatic rings. The van der Waals surface area contributed by atoms with Crippen LogP contribution in [0.3, 0.4) is 0 Å². The molecule has 1 amide bonds. The molecule has 0 saturated heterocycles. The zero-order chi connectivity index (χ0) is 12.7. The summed E-state index contributed by atoms with van der Waals surface area (Å²) in [5.74, 6) is 4.74. The Balaban J connectivity index is 2.63. The molecule has 0 aliphatic carbocycles. The molecule has 5 heteroatoms. The van der Waals surface area contributed by atoms with Gasteiger partial charge < -0.3 is 4.74 Å². The van der Waals surface area contributed by atoms with E-state index < -0.39 is 0 Å². The fourth-order valence-electron chi connectivity index (χ4n) is 1.24. The van der Waals surface area contributed by atoms with Crippen molar-refractivity contribution >= 4 is 21.8 Å². The maximum absolute atomic E-state index is 11.3. The lowest BCUT2D eigenvalue weighted by molar-refractivity contribution is 0.0953. The van der Waals surface area contributed by atoms with Crippen LogP contribution in [-0.2, 0) is 11.3 Å². The summed E-state index contributed by atoms with van der Waals surface area (Å²) in [6.07, 6.45) is 2.63. The van der Waals surface area contributed by atoms with Gasteiger partial charge in [-0.1, -0.05) is 28.1 Å². The number of hydrogen-bond donors (Lipinski definition) is 2. The molecule has 0 aliphatic heterocycles. The molecule has 1 rings (SSSR count). The predicted molar refractivity (Wildman–Crippen MR) is 70.3 cm³/mol. The van der Waals surface area contributed by atoms with Gasteiger partial charge in [-0.25, -0.2) is 5.84 Å². The fraction of sp³-hybridized carbons (Fsp3) is 0.250. The Labute approximate surface area is 109 Å². The number of hydrazine groups is 1. The summed E-state index contributed by atoms with van der Waals surface area (Å²) in [6.45, 7) is 4.76. The molecular formula is C12H15BrN2O2. The molecule has 0 spiro atoms. The first-order valence-corrected chi connectivity index (χ1v) is 5.96. The first-order valence-electron chi connectivity index (χ1n) is 5.17. The third-order valence-corrected chi connectivity index (χ3v) is 2.91. The Kier molecular flexibility index (Phi) is 5.90. The number of nitrogens with two attached hydrogens (primary N) is 1. The van der Waals surface area contributed by atoms with Crippen molar-refractivity contribution < 1.29 is 9.53 Å². The summed E-state index contributed by atoms with van der Waals surface area (Å²) >= 11 is 3.39. The molecular weight excluding hydrogens is 284 g/mol. The largest absolute Gasteiger partial charge is 0.376 e. The van der Waals surface area contributed by atoms with E-state index in [0.717, 1.165) is 16.5 Å². The Morgan fingerprint density at radius 1 is 1.59 bits per heavy atom. The topological polar surface area (TPSA) is 64.3 Å². The number of nitrogens with one attached hydrogen (secondary N) is 1. The van der Waals surface area contributed by atoms with Crippen molar-refractivity contribution in [1.82, 2.24) is 5.43 Å². The summed E-state index contributed by atoms with van der Waals surface area (Å²) in [7, 11) is 0. The van der Waals surface area contributed by atoms with Crippen molar-refractivity contribution in [2.75, 3.05) is 6.61 Å². The van der Waals surface area contributed by atoms with E-state index in [-0.39, 0.29) is 5.91 Å². The number of ether oxygens (including phenoxy) is 1. The number of carbonyl (C=O) groups is 1. The summed E-state index contributed by atoms with van der Waals surface area (Å²) < 4.78 is 6.27. The number of halogens is 1. The highest BCUT2D eigenvalue weighted by atomic mass is 79.9. The van der Waals surface area contributed by atoms with Crippen LogP contribution in [0, 0.1) is 0 Å². The normalized spacial score (nSPS) is 10.0. The molecule has 0 aliphatic rings. The molecule has 0 aromatic heterocycles. The summed E-state index contributed by atoms with van der Waals surface area (Å²) in [6, 6.07) is 5.26. The van der Waals surface area contributed by atoms with E-state index in [1.165, 1.54) is 0 Å². The van der Waals surface area contributed by atoms with Gasteiger partial charge in [-0.2, -0.15) is 0 Å². The number of nitrogen functional groups attached to an aromatic ring is 1. The monoisotopic (exact) mass is 298 g/mol. The molecule has 92 valence electrons. The van der Waals surface area contributed by atoms with Gasteiger partial charge in [-0.05, 0) is 24.1 Å². The highest BCUT2D eigenvalue weighted by molar-refractivity contribution is 9.10. The van der Waals surface area contributed by atoms with Crippen molar-refractivity contribution in [2.24, 2.45) is 5.84 Å². The van der Waals surface area contributed by atoms with E-state index in [2.05, 4.69) is 27.9 Å². The molecule has 0 unspecified atom stereocenters. The Bertz CT molecular complexity index is 407. The van der Waals surface area contributed by atoms with Gasteiger partial charge in [-0.15, -0.1) is 6.58 Å². The minimum atomic E-state index is -0.315. The lowest BCUT2D eigenvalue weighted by Gasteiger charge is -2.07. The second kappa shape index (κ2) is 7.21. The first kappa shape index (κ1) is 13.9. The van der Waals surface area contributed by atoms with Crippen molar-refractivity contribution in [3.8, 4) is 0 Å². The molecule has 0 atom stereocenters. The number of rotatable bonds is 6. The van der Waals surface area contributed by atoms with Crippen molar-refractivity contribution in [3.05, 3.63) is 46.5 Å². The van der Waals surface area contributed by atoms with E-state index in [1.54, 1.807) is 12.1 Å². The van der Waals surface area contributed by atoms with Crippen LogP contribution in [0.4, 0.5) is 0 Å². The van der Waals surface area contributed by atoms with E-state index in [0.29, 0.717) is 18.8 Å². The van der Waals surface area contributed by atoms with E-state index in [1.807, 2.05) is 12.1 Å². The predicted octanol–water partition coefficient (Wildman–Crippen LogP) is 2.15. The van der Waals surface area contributed by atoms with Crippen LogP contribution in [0.1, 0.15) is 22.3 Å². The zero-order valence-electron chi connectivity index (χ0n) is 9.41. The van der Waals surface area contributed by atoms with Crippen LogP contribution in [0.5, 0.6) is 0 Å². The number of carbonyl (C=O) groups excluding carboxylic acids is 1. The van der Waals surface area contributed by atoms with Gasteiger partial charge in [0, 0.05) is 10.0 Å². The highest BCUT2D eigenvalue weighted by Gasteiger charge is 2.06. The molecule has 0 fully saturated rings. The van der Waals surface area contributed by atoms with Crippen LogP contribution in [0.2, 0.25) is 0 Å². The Hall–Kier alpha value is -1.17. The molecule has 0 heterocycles. The SMILES string of the molecule is C=CCCOCc1ccc(C(=O)NN)cc1Br. The average Bonchev–Trinajstić information content (AvgIpc) is 2.35. The number of amides is 1. The lowest BCUT2D eigenvalue weighted by atomic mass is 10.1. The maximum Gasteiger partial charge on any atom is 0.265 e. The van der Waals surface area contributed by atoms with Gasteiger partial charge in [0.25, 0.3) is 5.91 Å². The standard InChI is InChI=1S/C12H15BrN2O2/c1-2-3-6-17-8-10-5-4-9(7-11(10)13)12(16)15-14/h2,4-5,7H,1,3,6,8,14H2,(H,15,16). The van der Waals surface area contributed by atoms with E-state index >= 15 is 0 Å². The first-order chi connectivity index (χ1) is 8.19. The fourth-order valence-corrected chi connectivity index (χ4v) is 1.73. The van der Waals surface area contributed by atoms with Crippen LogP contribution < -0.4 is 11.3 Å². The van der Waals surface area contributed by atoms with Gasteiger partial charge in [0.15, 0.2) is 0 Å². The van der Waals surface area contributed by atoms with Crippen molar-refractivity contribution in [1.29, 1.82) is 0 Å². The van der Waals surface area contributed by atoms with Crippen LogP contribution in [-0.4, -0.2) is 12.5 Å². The van der Waals surface area contributed by atoms with Gasteiger partial charge in [-0.3, -0.25) is 10.2 Å². The molecule has 1 aromatic carbocycles. The highest BCUT2D eigenvalue weighted by Crippen LogP contribution is 2.19. The van der Waals surface area contributed by atoms with Gasteiger partial charge >= 0.3 is 0 Å². The summed E-state index contributed by atoms with van der Waals surface area (Å²) in [5, 5.41) is 0. The second-order valence-corrected chi connectivity index (χ2v) is 4.26. The van der Waals surface area contributed by atoms with Gasteiger partial charge in [0.1, 0.15) is 0 Å². The summed E-state index contributed by atoms with van der Waals surface area (Å²) in [5.41, 5.74) is 3.58. The molecule has 0 saturated carbocycles. The maximum atomic E-state index is 11.3. The minimum Gasteiger partial charge on any atom is -0.376 e. The van der Waals surface area contributed by atoms with Crippen molar-refractivity contribution in [2.45, 2.75) is 13.0 Å². The third kappa shape index (κ3) is 4.30. The Morgan fingerprint density at radius 2 is 2.35 bits per heavy atom. The average molecular weight is 299 g/mol. The third-order valence-electron chi connectivity index (χ3n) is 2.17. The van der Waals surface area contributed by atoms with Crippen LogP contribution in [0.15, 0.2) is 35.3 Å². The quantitative estimate of drug-likeness (QED) is 0.278. The van der Waals surface area contributed by atoms with Gasteiger partial charge in [0.2, 0.25) is 0 Å². The molecule has 4 nitrogen and oxygen atoms in total. The zero-order valence-corrected chi connectivity index (χ0v) is 11.0. The number of hydrogen-bond acceptors (Lipinski definition) is 3. The van der Waals surface area contributed by atoms with Crippen LogP contribution >= 0.6 is 15.9 Å². The molecule has 0 bridgehead atoms. The van der Waals surface area contributed by atoms with E-state index in [9.17, 15) is 4.79 Å². The Morgan fingerprint density at radius 3 is 2.94 bits per heavy atom. The summed E-state index contributed by atoms with van der Waals surface area (Å²) in [4.78, 5) is 11.3.